The van der Waals surface area contributed by atoms with E-state index in [0.717, 1.165) is 11.5 Å². The van der Waals surface area contributed by atoms with Crippen molar-refractivity contribution < 1.29 is 13.9 Å². The Bertz CT molecular complexity index is 1040. The van der Waals surface area contributed by atoms with Gasteiger partial charge in [-0.2, -0.15) is 0 Å². The Balaban J connectivity index is 1.52. The number of nitrogens with zero attached hydrogens (tertiary/aromatic N) is 6. The molecule has 9 nitrogen and oxygen atoms in total. The van der Waals surface area contributed by atoms with E-state index in [1.54, 1.807) is 27.5 Å². The molecule has 10 heteroatoms. The first-order valence-electron chi connectivity index (χ1n) is 7.71. The van der Waals surface area contributed by atoms with Crippen molar-refractivity contribution >= 4 is 23.4 Å². The van der Waals surface area contributed by atoms with Crippen LogP contribution in [0.2, 0.25) is 0 Å². The summed E-state index contributed by atoms with van der Waals surface area (Å²) in [4.78, 5) is 16.4. The summed E-state index contributed by atoms with van der Waals surface area (Å²) in [6, 6.07) is 7.16. The number of hydrogen-bond acceptors (Lipinski definition) is 8. The standard InChI is InChI=1S/C16H14N6O3S/c1-24-15(23)13-5-2-6-21-8-11(17-14(13)21)10-26-16-18-19-20-22(16)9-12-4-3-7-25-12/h2-8H,9-10H2,1H3. The first-order valence-corrected chi connectivity index (χ1v) is 8.69. The number of esters is 1. The SMILES string of the molecule is COC(=O)c1cccn2cc(CSc3nnnn3Cc3ccco3)nc12. The molecule has 0 spiro atoms. The number of carbonyl (C=O) groups excluding carboxylic acids is 1. The van der Waals surface area contributed by atoms with E-state index in [0.29, 0.717) is 28.7 Å². The molecular formula is C16H14N6O3S. The summed E-state index contributed by atoms with van der Waals surface area (Å²) in [5.74, 6) is 0.915. The van der Waals surface area contributed by atoms with Gasteiger partial charge in [-0.3, -0.25) is 0 Å². The fraction of sp³-hybridized carbons (Fsp3) is 0.188. The molecule has 4 heterocycles. The normalized spacial score (nSPS) is 11.1. The number of ether oxygens (including phenoxy) is 1. The van der Waals surface area contributed by atoms with Crippen molar-refractivity contribution in [2.24, 2.45) is 0 Å². The Hall–Kier alpha value is -3.14. The Morgan fingerprint density at radius 1 is 1.35 bits per heavy atom. The predicted molar refractivity (Wildman–Crippen MR) is 91.7 cm³/mol. The zero-order chi connectivity index (χ0) is 17.9. The number of pyridine rings is 1. The lowest BCUT2D eigenvalue weighted by molar-refractivity contribution is 0.0602. The van der Waals surface area contributed by atoms with E-state index >= 15 is 0 Å². The molecule has 0 aliphatic carbocycles. The summed E-state index contributed by atoms with van der Waals surface area (Å²) in [6.07, 6.45) is 5.32. The lowest BCUT2D eigenvalue weighted by Crippen LogP contribution is -2.03. The minimum Gasteiger partial charge on any atom is -0.467 e. The van der Waals surface area contributed by atoms with E-state index in [9.17, 15) is 4.79 Å². The fourth-order valence-electron chi connectivity index (χ4n) is 2.49. The highest BCUT2D eigenvalue weighted by molar-refractivity contribution is 7.98. The van der Waals surface area contributed by atoms with Gasteiger partial charge in [0.2, 0.25) is 5.16 Å². The summed E-state index contributed by atoms with van der Waals surface area (Å²) in [6.45, 7) is 0.458. The van der Waals surface area contributed by atoms with Gasteiger partial charge in [0.15, 0.2) is 5.65 Å². The molecule has 0 aromatic carbocycles. The summed E-state index contributed by atoms with van der Waals surface area (Å²) < 4.78 is 13.6. The van der Waals surface area contributed by atoms with E-state index < -0.39 is 5.97 Å². The zero-order valence-corrected chi connectivity index (χ0v) is 14.6. The largest absolute Gasteiger partial charge is 0.467 e. The van der Waals surface area contributed by atoms with Crippen LogP contribution in [0.5, 0.6) is 0 Å². The Kier molecular flexibility index (Phi) is 4.40. The van der Waals surface area contributed by atoms with Crippen LogP contribution in [-0.2, 0) is 17.0 Å². The average molecular weight is 370 g/mol. The maximum atomic E-state index is 11.9. The van der Waals surface area contributed by atoms with Gasteiger partial charge in [0.25, 0.3) is 0 Å². The van der Waals surface area contributed by atoms with Crippen LogP contribution in [0.25, 0.3) is 5.65 Å². The molecule has 0 N–H and O–H groups in total. The maximum absolute atomic E-state index is 11.9. The van der Waals surface area contributed by atoms with Gasteiger partial charge in [-0.25, -0.2) is 14.5 Å². The molecule has 0 unspecified atom stereocenters. The molecule has 4 aromatic heterocycles. The van der Waals surface area contributed by atoms with Crippen LogP contribution in [0, 0.1) is 0 Å². The highest BCUT2D eigenvalue weighted by atomic mass is 32.2. The number of tetrazole rings is 1. The topological polar surface area (TPSA) is 100 Å². The third kappa shape index (κ3) is 3.18. The number of imidazole rings is 1. The van der Waals surface area contributed by atoms with Gasteiger partial charge in [0, 0.05) is 18.1 Å². The second-order valence-corrected chi connectivity index (χ2v) is 6.31. The molecule has 4 aromatic rings. The minimum atomic E-state index is -0.414. The summed E-state index contributed by atoms with van der Waals surface area (Å²) in [5, 5.41) is 12.4. The Morgan fingerprint density at radius 3 is 3.08 bits per heavy atom. The molecule has 0 saturated heterocycles. The van der Waals surface area contributed by atoms with Crippen LogP contribution in [0.1, 0.15) is 21.8 Å². The molecule has 4 rings (SSSR count). The van der Waals surface area contributed by atoms with Gasteiger partial charge < -0.3 is 13.6 Å². The van der Waals surface area contributed by atoms with E-state index in [-0.39, 0.29) is 0 Å². The monoisotopic (exact) mass is 370 g/mol. The highest BCUT2D eigenvalue weighted by Gasteiger charge is 2.15. The van der Waals surface area contributed by atoms with Gasteiger partial charge in [0.05, 0.1) is 19.1 Å². The third-order valence-corrected chi connectivity index (χ3v) is 4.66. The van der Waals surface area contributed by atoms with Crippen LogP contribution in [0.4, 0.5) is 0 Å². The van der Waals surface area contributed by atoms with Crippen molar-refractivity contribution in [1.82, 2.24) is 29.6 Å². The zero-order valence-electron chi connectivity index (χ0n) is 13.8. The molecular weight excluding hydrogens is 356 g/mol. The Labute approximate surface area is 152 Å². The fourth-order valence-corrected chi connectivity index (χ4v) is 3.25. The van der Waals surface area contributed by atoms with E-state index in [1.807, 2.05) is 24.5 Å². The van der Waals surface area contributed by atoms with Crippen molar-refractivity contribution in [3.05, 3.63) is 59.9 Å². The van der Waals surface area contributed by atoms with Crippen molar-refractivity contribution in [2.45, 2.75) is 17.5 Å². The van der Waals surface area contributed by atoms with Crippen LogP contribution in [-0.4, -0.2) is 42.7 Å². The molecule has 0 saturated carbocycles. The van der Waals surface area contributed by atoms with Gasteiger partial charge in [-0.1, -0.05) is 11.8 Å². The predicted octanol–water partition coefficient (Wildman–Crippen LogP) is 2.04. The number of fused-ring (bicyclic) bond motifs is 1. The minimum absolute atomic E-state index is 0.414. The molecule has 0 amide bonds. The molecule has 26 heavy (non-hydrogen) atoms. The summed E-state index contributed by atoms with van der Waals surface area (Å²) in [7, 11) is 1.35. The molecule has 132 valence electrons. The molecule has 0 aliphatic rings. The number of carbonyl (C=O) groups is 1. The van der Waals surface area contributed by atoms with Crippen molar-refractivity contribution in [1.29, 1.82) is 0 Å². The van der Waals surface area contributed by atoms with Gasteiger partial charge >= 0.3 is 5.97 Å². The second-order valence-electron chi connectivity index (χ2n) is 5.36. The highest BCUT2D eigenvalue weighted by Crippen LogP contribution is 2.21. The van der Waals surface area contributed by atoms with E-state index in [1.165, 1.54) is 18.9 Å². The first kappa shape index (κ1) is 16.3. The number of thioether (sulfide) groups is 1. The van der Waals surface area contributed by atoms with Crippen molar-refractivity contribution in [3.63, 3.8) is 0 Å². The molecule has 0 bridgehead atoms. The number of rotatable bonds is 6. The van der Waals surface area contributed by atoms with Crippen molar-refractivity contribution in [2.75, 3.05) is 7.11 Å². The third-order valence-electron chi connectivity index (χ3n) is 3.67. The van der Waals surface area contributed by atoms with Crippen LogP contribution in [0.15, 0.2) is 52.5 Å². The summed E-state index contributed by atoms with van der Waals surface area (Å²) >= 11 is 1.46. The number of aromatic nitrogens is 6. The summed E-state index contributed by atoms with van der Waals surface area (Å²) in [5.41, 5.74) is 1.79. The molecule has 0 aliphatic heterocycles. The number of furan rings is 1. The van der Waals surface area contributed by atoms with Crippen molar-refractivity contribution in [3.8, 4) is 0 Å². The van der Waals surface area contributed by atoms with Gasteiger partial charge in [-0.15, -0.1) is 5.10 Å². The number of hydrogen-bond donors (Lipinski definition) is 0. The second kappa shape index (κ2) is 7.00. The Morgan fingerprint density at radius 2 is 2.27 bits per heavy atom. The lowest BCUT2D eigenvalue weighted by atomic mass is 10.3. The number of methoxy groups -OCH3 is 1. The lowest BCUT2D eigenvalue weighted by Gasteiger charge is -2.01. The quantitative estimate of drug-likeness (QED) is 0.375. The van der Waals surface area contributed by atoms with Gasteiger partial charge in [0.1, 0.15) is 17.9 Å². The maximum Gasteiger partial charge on any atom is 0.341 e. The van der Waals surface area contributed by atoms with Gasteiger partial charge in [-0.05, 0) is 34.7 Å². The molecule has 0 fully saturated rings. The van der Waals surface area contributed by atoms with Crippen LogP contribution in [0.3, 0.4) is 0 Å². The molecule has 0 atom stereocenters. The molecule has 0 radical (unpaired) electrons. The van der Waals surface area contributed by atoms with E-state index in [4.69, 9.17) is 9.15 Å². The average Bonchev–Trinajstić information content (AvgIpc) is 3.40. The smallest absolute Gasteiger partial charge is 0.341 e. The van der Waals surface area contributed by atoms with Crippen LogP contribution >= 0.6 is 11.8 Å². The van der Waals surface area contributed by atoms with Crippen LogP contribution < -0.4 is 0 Å². The van der Waals surface area contributed by atoms with E-state index in [2.05, 4.69) is 20.5 Å². The first-order chi connectivity index (χ1) is 12.7.